The summed E-state index contributed by atoms with van der Waals surface area (Å²) in [5.41, 5.74) is 13.6. The van der Waals surface area contributed by atoms with Crippen LogP contribution >= 0.6 is 0 Å². The van der Waals surface area contributed by atoms with Crippen molar-refractivity contribution in [3.63, 3.8) is 0 Å². The molecule has 8 aromatic carbocycles. The number of hydrogen-bond donors (Lipinski definition) is 0. The Bertz CT molecular complexity index is 3120. The summed E-state index contributed by atoms with van der Waals surface area (Å²) < 4.78 is 11.1. The van der Waals surface area contributed by atoms with E-state index < -0.39 is 0 Å². The van der Waals surface area contributed by atoms with E-state index in [4.69, 9.17) is 4.42 Å². The van der Waals surface area contributed by atoms with Crippen molar-refractivity contribution in [2.75, 3.05) is 0 Å². The molecular weight excluding hydrogens is 621 g/mol. The summed E-state index contributed by atoms with van der Waals surface area (Å²) in [7, 11) is 0. The number of aromatic nitrogens is 2. The Kier molecular flexibility index (Phi) is 5.96. The standard InChI is InChI=1S/C48H30N2O/c1-2-11-31(12-3-1)32-21-24-34(25-22-32)49-42-17-7-4-13-37(42)38-27-23-33(29-45(38)49)36-16-10-19-44-48(36)41-15-5-8-18-43(41)50(44)35-26-28-40-39-14-6-9-20-46(39)51-47(40)30-35/h1-30H. The van der Waals surface area contributed by atoms with E-state index in [0.717, 1.165) is 33.3 Å². The van der Waals surface area contributed by atoms with E-state index in [9.17, 15) is 0 Å². The molecule has 3 aromatic heterocycles. The first-order chi connectivity index (χ1) is 25.3. The third-order valence-electron chi connectivity index (χ3n) is 10.5. The zero-order chi connectivity index (χ0) is 33.5. The Labute approximate surface area is 293 Å². The van der Waals surface area contributed by atoms with Crippen LogP contribution in [0.1, 0.15) is 0 Å². The Morgan fingerprint density at radius 3 is 1.73 bits per heavy atom. The van der Waals surface area contributed by atoms with Gasteiger partial charge in [0.25, 0.3) is 0 Å². The van der Waals surface area contributed by atoms with Gasteiger partial charge in [0.15, 0.2) is 0 Å². The molecule has 238 valence electrons. The Morgan fingerprint density at radius 1 is 0.314 bits per heavy atom. The first-order valence-corrected chi connectivity index (χ1v) is 17.4. The second-order valence-corrected chi connectivity index (χ2v) is 13.3. The van der Waals surface area contributed by atoms with Crippen molar-refractivity contribution in [3.8, 4) is 33.6 Å². The van der Waals surface area contributed by atoms with Gasteiger partial charge >= 0.3 is 0 Å². The second kappa shape index (κ2) is 10.8. The zero-order valence-electron chi connectivity index (χ0n) is 27.6. The number of para-hydroxylation sites is 3. The minimum Gasteiger partial charge on any atom is -0.456 e. The zero-order valence-corrected chi connectivity index (χ0v) is 27.6. The SMILES string of the molecule is c1ccc(-c2ccc(-n3c4ccccc4c4ccc(-c5cccc6c5c5ccccc5n6-c5ccc6c(c5)oc5ccccc56)cc43)cc2)cc1. The summed E-state index contributed by atoms with van der Waals surface area (Å²) >= 11 is 0. The van der Waals surface area contributed by atoms with Crippen molar-refractivity contribution in [1.29, 1.82) is 0 Å². The quantitative estimate of drug-likeness (QED) is 0.186. The van der Waals surface area contributed by atoms with Crippen LogP contribution in [0.25, 0.3) is 99.2 Å². The second-order valence-electron chi connectivity index (χ2n) is 13.3. The third kappa shape index (κ3) is 4.19. The van der Waals surface area contributed by atoms with Gasteiger partial charge in [-0.05, 0) is 76.9 Å². The fourth-order valence-electron chi connectivity index (χ4n) is 8.24. The third-order valence-corrected chi connectivity index (χ3v) is 10.5. The average molecular weight is 651 g/mol. The van der Waals surface area contributed by atoms with Crippen LogP contribution in [0.4, 0.5) is 0 Å². The van der Waals surface area contributed by atoms with Gasteiger partial charge in [-0.2, -0.15) is 0 Å². The monoisotopic (exact) mass is 650 g/mol. The number of rotatable bonds is 4. The molecule has 51 heavy (non-hydrogen) atoms. The summed E-state index contributed by atoms with van der Waals surface area (Å²) in [4.78, 5) is 0. The van der Waals surface area contributed by atoms with Crippen LogP contribution in [-0.2, 0) is 0 Å². The van der Waals surface area contributed by atoms with Gasteiger partial charge in [0.1, 0.15) is 11.2 Å². The molecule has 3 heteroatoms. The van der Waals surface area contributed by atoms with E-state index in [2.05, 4.69) is 179 Å². The van der Waals surface area contributed by atoms with Crippen LogP contribution in [0.3, 0.4) is 0 Å². The first kappa shape index (κ1) is 28.0. The number of fused-ring (bicyclic) bond motifs is 9. The molecule has 11 rings (SSSR count). The predicted octanol–water partition coefficient (Wildman–Crippen LogP) is 13.1. The maximum atomic E-state index is 6.34. The maximum Gasteiger partial charge on any atom is 0.137 e. The van der Waals surface area contributed by atoms with Gasteiger partial charge in [-0.1, -0.05) is 121 Å². The van der Waals surface area contributed by atoms with Gasteiger partial charge < -0.3 is 13.6 Å². The topological polar surface area (TPSA) is 23.0 Å². The molecule has 0 aliphatic carbocycles. The van der Waals surface area contributed by atoms with Gasteiger partial charge in [0, 0.05) is 49.8 Å². The fraction of sp³-hybridized carbons (Fsp3) is 0. The number of hydrogen-bond acceptors (Lipinski definition) is 1. The molecule has 3 nitrogen and oxygen atoms in total. The Hall–Kier alpha value is -6.84. The van der Waals surface area contributed by atoms with Crippen LogP contribution in [0, 0.1) is 0 Å². The lowest BCUT2D eigenvalue weighted by Crippen LogP contribution is -1.94. The molecule has 0 spiro atoms. The maximum absolute atomic E-state index is 6.34. The summed E-state index contributed by atoms with van der Waals surface area (Å²) in [5, 5.41) is 7.24. The van der Waals surface area contributed by atoms with Crippen molar-refractivity contribution in [2.24, 2.45) is 0 Å². The van der Waals surface area contributed by atoms with Gasteiger partial charge in [-0.3, -0.25) is 0 Å². The highest BCUT2D eigenvalue weighted by Gasteiger charge is 2.19. The molecule has 0 radical (unpaired) electrons. The highest BCUT2D eigenvalue weighted by atomic mass is 16.3. The molecule has 0 aliphatic heterocycles. The molecular formula is C48H30N2O. The number of furan rings is 1. The lowest BCUT2D eigenvalue weighted by molar-refractivity contribution is 0.668. The summed E-state index contributed by atoms with van der Waals surface area (Å²) in [6.45, 7) is 0. The molecule has 0 fully saturated rings. The molecule has 0 unspecified atom stereocenters. The average Bonchev–Trinajstić information content (AvgIpc) is 3.85. The fourth-order valence-corrected chi connectivity index (χ4v) is 8.24. The van der Waals surface area contributed by atoms with E-state index in [-0.39, 0.29) is 0 Å². The molecule has 11 aromatic rings. The molecule has 3 heterocycles. The largest absolute Gasteiger partial charge is 0.456 e. The van der Waals surface area contributed by atoms with Gasteiger partial charge in [-0.25, -0.2) is 0 Å². The van der Waals surface area contributed by atoms with Crippen molar-refractivity contribution < 1.29 is 4.42 Å². The molecule has 0 N–H and O–H groups in total. The van der Waals surface area contributed by atoms with Crippen molar-refractivity contribution >= 4 is 65.6 Å². The van der Waals surface area contributed by atoms with Gasteiger partial charge in [-0.15, -0.1) is 0 Å². The predicted molar refractivity (Wildman–Crippen MR) is 213 cm³/mol. The van der Waals surface area contributed by atoms with Crippen molar-refractivity contribution in [1.82, 2.24) is 9.13 Å². The minimum atomic E-state index is 0.894. The van der Waals surface area contributed by atoms with E-state index in [1.165, 1.54) is 65.9 Å². The van der Waals surface area contributed by atoms with E-state index in [0.29, 0.717) is 0 Å². The highest BCUT2D eigenvalue weighted by Crippen LogP contribution is 2.42. The van der Waals surface area contributed by atoms with Crippen LogP contribution < -0.4 is 0 Å². The van der Waals surface area contributed by atoms with Gasteiger partial charge in [0.2, 0.25) is 0 Å². The summed E-state index contributed by atoms with van der Waals surface area (Å²) in [5.74, 6) is 0. The lowest BCUT2D eigenvalue weighted by Gasteiger charge is -2.11. The van der Waals surface area contributed by atoms with Crippen LogP contribution in [-0.4, -0.2) is 9.13 Å². The van der Waals surface area contributed by atoms with Gasteiger partial charge in [0.05, 0.1) is 22.1 Å². The van der Waals surface area contributed by atoms with Crippen LogP contribution in [0.5, 0.6) is 0 Å². The molecule has 0 saturated carbocycles. The smallest absolute Gasteiger partial charge is 0.137 e. The Morgan fingerprint density at radius 2 is 0.882 bits per heavy atom. The lowest BCUT2D eigenvalue weighted by atomic mass is 9.98. The van der Waals surface area contributed by atoms with E-state index in [1.807, 2.05) is 12.1 Å². The van der Waals surface area contributed by atoms with Crippen LogP contribution in [0.15, 0.2) is 186 Å². The van der Waals surface area contributed by atoms with Crippen molar-refractivity contribution in [2.45, 2.75) is 0 Å². The van der Waals surface area contributed by atoms with Crippen molar-refractivity contribution in [3.05, 3.63) is 182 Å². The number of benzene rings is 8. The minimum absolute atomic E-state index is 0.894. The first-order valence-electron chi connectivity index (χ1n) is 17.4. The molecule has 0 amide bonds. The highest BCUT2D eigenvalue weighted by molar-refractivity contribution is 6.17. The summed E-state index contributed by atoms with van der Waals surface area (Å²) in [6.07, 6.45) is 0. The Balaban J connectivity index is 1.12. The molecule has 0 bridgehead atoms. The van der Waals surface area contributed by atoms with Crippen LogP contribution in [0.2, 0.25) is 0 Å². The summed E-state index contributed by atoms with van der Waals surface area (Å²) in [6, 6.07) is 65.5. The van der Waals surface area contributed by atoms with E-state index in [1.54, 1.807) is 0 Å². The molecule has 0 atom stereocenters. The normalized spacial score (nSPS) is 11.9. The van der Waals surface area contributed by atoms with E-state index >= 15 is 0 Å². The molecule has 0 aliphatic rings. The molecule has 0 saturated heterocycles. The number of nitrogens with zero attached hydrogens (tertiary/aromatic N) is 2.